The number of hydrogen-bond acceptors (Lipinski definition) is 8. The van der Waals surface area contributed by atoms with Gasteiger partial charge in [-0.25, -0.2) is 14.2 Å². The third-order valence-corrected chi connectivity index (χ3v) is 5.94. The summed E-state index contributed by atoms with van der Waals surface area (Å²) in [5.41, 5.74) is 2.69. The molecule has 0 spiro atoms. The Morgan fingerprint density at radius 2 is 1.79 bits per heavy atom. The minimum Gasteiger partial charge on any atom is -0.453 e. The highest BCUT2D eigenvalue weighted by Gasteiger charge is 2.23. The zero-order valence-corrected chi connectivity index (χ0v) is 21.6. The van der Waals surface area contributed by atoms with Crippen molar-refractivity contribution in [1.29, 1.82) is 5.26 Å². The second kappa shape index (κ2) is 11.0. The van der Waals surface area contributed by atoms with E-state index < -0.39 is 23.2 Å². The molecule has 3 aromatic heterocycles. The van der Waals surface area contributed by atoms with Crippen LogP contribution in [-0.2, 0) is 10.2 Å². The first-order chi connectivity index (χ1) is 18.6. The third kappa shape index (κ3) is 6.02. The van der Waals surface area contributed by atoms with Crippen LogP contribution in [-0.4, -0.2) is 39.3 Å². The number of benzene rings is 1. The van der Waals surface area contributed by atoms with Gasteiger partial charge in [0.25, 0.3) is 5.91 Å². The maximum absolute atomic E-state index is 14.9. The molecule has 10 nitrogen and oxygen atoms in total. The first-order valence-electron chi connectivity index (χ1n) is 11.7. The number of pyridine rings is 2. The molecule has 0 bridgehead atoms. The Kier molecular flexibility index (Phi) is 7.58. The van der Waals surface area contributed by atoms with Crippen LogP contribution in [0.1, 0.15) is 35.5 Å². The number of nitrogens with zero attached hydrogens (tertiary/aromatic N) is 5. The largest absolute Gasteiger partial charge is 0.453 e. The van der Waals surface area contributed by atoms with E-state index in [9.17, 15) is 19.2 Å². The number of carbonyl (C=O) groups is 2. The lowest BCUT2D eigenvalue weighted by atomic mass is 9.90. The molecular weight excluding hydrogens is 501 g/mol. The lowest BCUT2D eigenvalue weighted by Gasteiger charge is -2.15. The van der Waals surface area contributed by atoms with E-state index in [-0.39, 0.29) is 17.1 Å². The number of hydrogen-bond donors (Lipinski definition) is 2. The summed E-state index contributed by atoms with van der Waals surface area (Å²) in [6.07, 6.45) is 3.86. The van der Waals surface area contributed by atoms with Gasteiger partial charge in [-0.1, -0.05) is 0 Å². The van der Waals surface area contributed by atoms with E-state index in [1.807, 2.05) is 0 Å². The fraction of sp³-hybridized carbons (Fsp3) is 0.179. The molecule has 2 amide bonds. The number of anilines is 2. The Morgan fingerprint density at radius 1 is 1.03 bits per heavy atom. The van der Waals surface area contributed by atoms with Crippen LogP contribution in [0.15, 0.2) is 61.1 Å². The summed E-state index contributed by atoms with van der Waals surface area (Å²) in [5.74, 6) is -0.880. The molecule has 0 aliphatic carbocycles. The van der Waals surface area contributed by atoms with E-state index in [0.29, 0.717) is 33.6 Å². The standard InChI is InChI=1S/C28H24FN7O3/c1-16-9-21(29)23(34-26(37)18-6-7-31-24(11-18)28(2,3)15-30)13-20(16)22-10-19(14-33-36-22)17-5-8-32-25(12-17)35-27(38)39-4/h5-14H,1-4H3,(H,34,37)(H,32,35,38). The van der Waals surface area contributed by atoms with Crippen molar-refractivity contribution in [3.05, 3.63) is 83.7 Å². The average Bonchev–Trinajstić information content (AvgIpc) is 2.94. The monoisotopic (exact) mass is 525 g/mol. The number of amides is 2. The van der Waals surface area contributed by atoms with Crippen molar-refractivity contribution in [1.82, 2.24) is 20.2 Å². The molecular formula is C28H24FN7O3. The molecule has 0 radical (unpaired) electrons. The summed E-state index contributed by atoms with van der Waals surface area (Å²) in [6, 6.07) is 13.1. The van der Waals surface area contributed by atoms with E-state index in [4.69, 9.17) is 0 Å². The van der Waals surface area contributed by atoms with E-state index in [1.54, 1.807) is 45.2 Å². The van der Waals surface area contributed by atoms with Crippen molar-refractivity contribution in [3.8, 4) is 28.5 Å². The maximum atomic E-state index is 14.9. The topological polar surface area (TPSA) is 143 Å². The van der Waals surface area contributed by atoms with Crippen LogP contribution in [0.2, 0.25) is 0 Å². The van der Waals surface area contributed by atoms with Crippen molar-refractivity contribution < 1.29 is 18.7 Å². The number of carbonyl (C=O) groups excluding carboxylic acids is 2. The molecule has 196 valence electrons. The Balaban J connectivity index is 1.65. The molecule has 0 fully saturated rings. The number of rotatable bonds is 6. The quantitative estimate of drug-likeness (QED) is 0.346. The van der Waals surface area contributed by atoms with Gasteiger partial charge in [0.05, 0.1) is 41.9 Å². The van der Waals surface area contributed by atoms with Gasteiger partial charge in [-0.3, -0.25) is 15.1 Å². The highest BCUT2D eigenvalue weighted by atomic mass is 19.1. The van der Waals surface area contributed by atoms with E-state index >= 15 is 0 Å². The van der Waals surface area contributed by atoms with Crippen LogP contribution in [0.5, 0.6) is 0 Å². The number of halogens is 1. The summed E-state index contributed by atoms with van der Waals surface area (Å²) in [4.78, 5) is 32.8. The summed E-state index contributed by atoms with van der Waals surface area (Å²) in [7, 11) is 1.25. The van der Waals surface area contributed by atoms with Crippen molar-refractivity contribution >= 4 is 23.5 Å². The Labute approximate surface area is 223 Å². The molecule has 0 saturated heterocycles. The molecule has 0 aliphatic rings. The molecule has 3 heterocycles. The predicted octanol–water partition coefficient (Wildman–Crippen LogP) is 5.28. The van der Waals surface area contributed by atoms with Gasteiger partial charge in [0.1, 0.15) is 11.6 Å². The number of nitriles is 1. The van der Waals surface area contributed by atoms with Gasteiger partial charge in [0.15, 0.2) is 0 Å². The van der Waals surface area contributed by atoms with Gasteiger partial charge in [-0.15, -0.1) is 0 Å². The molecule has 0 saturated carbocycles. The van der Waals surface area contributed by atoms with E-state index in [2.05, 4.69) is 41.6 Å². The zero-order valence-electron chi connectivity index (χ0n) is 21.6. The lowest BCUT2D eigenvalue weighted by Crippen LogP contribution is -2.19. The summed E-state index contributed by atoms with van der Waals surface area (Å²) in [6.45, 7) is 5.11. The highest BCUT2D eigenvalue weighted by molar-refractivity contribution is 6.04. The van der Waals surface area contributed by atoms with Crippen molar-refractivity contribution in [2.24, 2.45) is 0 Å². The minimum atomic E-state index is -0.896. The minimum absolute atomic E-state index is 0.0424. The number of aromatic nitrogens is 4. The molecule has 11 heteroatoms. The van der Waals surface area contributed by atoms with Gasteiger partial charge in [0, 0.05) is 29.1 Å². The smallest absolute Gasteiger partial charge is 0.412 e. The van der Waals surface area contributed by atoms with Gasteiger partial charge >= 0.3 is 6.09 Å². The number of nitrogens with one attached hydrogen (secondary N) is 2. The van der Waals surface area contributed by atoms with Crippen molar-refractivity contribution in [2.75, 3.05) is 17.7 Å². The predicted molar refractivity (Wildman–Crippen MR) is 142 cm³/mol. The normalized spacial score (nSPS) is 10.9. The lowest BCUT2D eigenvalue weighted by molar-refractivity contribution is 0.102. The second-order valence-corrected chi connectivity index (χ2v) is 9.14. The van der Waals surface area contributed by atoms with Crippen molar-refractivity contribution in [3.63, 3.8) is 0 Å². The molecule has 4 rings (SSSR count). The van der Waals surface area contributed by atoms with Crippen LogP contribution in [0.25, 0.3) is 22.4 Å². The van der Waals surface area contributed by atoms with Gasteiger partial charge < -0.3 is 10.1 Å². The number of ether oxygens (including phenoxy) is 1. The van der Waals surface area contributed by atoms with Gasteiger partial charge in [0.2, 0.25) is 0 Å². The summed E-state index contributed by atoms with van der Waals surface area (Å²) >= 11 is 0. The Morgan fingerprint density at radius 3 is 2.54 bits per heavy atom. The SMILES string of the molecule is COC(=O)Nc1cc(-c2cnnc(-c3cc(NC(=O)c4ccnc(C(C)(C)C#N)c4)c(F)cc3C)c2)ccn1. The highest BCUT2D eigenvalue weighted by Crippen LogP contribution is 2.31. The zero-order chi connectivity index (χ0) is 28.2. The molecule has 2 N–H and O–H groups in total. The average molecular weight is 526 g/mol. The summed E-state index contributed by atoms with van der Waals surface area (Å²) in [5, 5.41) is 22.8. The number of aryl methyl sites for hydroxylation is 1. The van der Waals surface area contributed by atoms with E-state index in [0.717, 1.165) is 0 Å². The fourth-order valence-electron chi connectivity index (χ4n) is 3.70. The molecule has 4 aromatic rings. The van der Waals surface area contributed by atoms with Crippen LogP contribution < -0.4 is 10.6 Å². The molecule has 0 atom stereocenters. The summed E-state index contributed by atoms with van der Waals surface area (Å²) < 4.78 is 19.5. The number of methoxy groups -OCH3 is 1. The second-order valence-electron chi connectivity index (χ2n) is 9.14. The van der Waals surface area contributed by atoms with E-state index in [1.165, 1.54) is 43.8 Å². The van der Waals surface area contributed by atoms with Crippen LogP contribution >= 0.6 is 0 Å². The maximum Gasteiger partial charge on any atom is 0.412 e. The molecule has 1 aromatic carbocycles. The first-order valence-corrected chi connectivity index (χ1v) is 11.7. The van der Waals surface area contributed by atoms with Gasteiger partial charge in [-0.2, -0.15) is 15.5 Å². The Bertz CT molecular complexity index is 1620. The van der Waals surface area contributed by atoms with Crippen LogP contribution in [0.3, 0.4) is 0 Å². The molecule has 0 aliphatic heterocycles. The van der Waals surface area contributed by atoms with Crippen LogP contribution in [0.4, 0.5) is 20.7 Å². The molecule has 0 unspecified atom stereocenters. The van der Waals surface area contributed by atoms with Crippen LogP contribution in [0, 0.1) is 24.1 Å². The third-order valence-electron chi connectivity index (χ3n) is 5.94. The molecule has 39 heavy (non-hydrogen) atoms. The van der Waals surface area contributed by atoms with Crippen molar-refractivity contribution in [2.45, 2.75) is 26.2 Å². The van der Waals surface area contributed by atoms with Gasteiger partial charge in [-0.05, 0) is 74.4 Å². The fourth-order valence-corrected chi connectivity index (χ4v) is 3.70. The first kappa shape index (κ1) is 26.8. The Hall–Kier alpha value is -5.24.